The fraction of sp³-hybridized carbons (Fsp3) is 0.308. The second kappa shape index (κ2) is 4.72. The van der Waals surface area contributed by atoms with Crippen molar-refractivity contribution in [2.45, 2.75) is 25.2 Å². The van der Waals surface area contributed by atoms with E-state index in [1.54, 1.807) is 12.1 Å². The molecule has 19 heavy (non-hydrogen) atoms. The van der Waals surface area contributed by atoms with Gasteiger partial charge in [0, 0.05) is 29.8 Å². The van der Waals surface area contributed by atoms with E-state index in [0.717, 1.165) is 17.2 Å². The molecule has 1 aromatic heterocycles. The highest BCUT2D eigenvalue weighted by Crippen LogP contribution is 2.36. The van der Waals surface area contributed by atoms with Gasteiger partial charge in [0.05, 0.1) is 10.6 Å². The Labute approximate surface area is 110 Å². The lowest BCUT2D eigenvalue weighted by atomic mass is 9.83. The van der Waals surface area contributed by atoms with E-state index < -0.39 is 4.92 Å². The van der Waals surface area contributed by atoms with Crippen molar-refractivity contribution in [3.05, 3.63) is 46.1 Å². The third kappa shape index (κ3) is 2.42. The number of hydrogen-bond donors (Lipinski definition) is 2. The van der Waals surface area contributed by atoms with Crippen molar-refractivity contribution in [3.63, 3.8) is 0 Å². The third-order valence-electron chi connectivity index (χ3n) is 3.48. The summed E-state index contributed by atoms with van der Waals surface area (Å²) in [6, 6.07) is 8.33. The molecule has 1 aliphatic carbocycles. The molecule has 0 amide bonds. The normalized spacial score (nSPS) is 14.9. The molecule has 0 unspecified atom stereocenters. The molecular weight excluding hydrogens is 244 g/mol. The van der Waals surface area contributed by atoms with Crippen LogP contribution in [0.5, 0.6) is 0 Å². The van der Waals surface area contributed by atoms with Gasteiger partial charge in [-0.15, -0.1) is 0 Å². The van der Waals surface area contributed by atoms with Crippen LogP contribution in [-0.4, -0.2) is 15.1 Å². The van der Waals surface area contributed by atoms with E-state index in [2.05, 4.69) is 15.5 Å². The van der Waals surface area contributed by atoms with Gasteiger partial charge in [0.25, 0.3) is 5.69 Å². The van der Waals surface area contributed by atoms with Crippen LogP contribution in [0.1, 0.15) is 30.9 Å². The van der Waals surface area contributed by atoms with Gasteiger partial charge >= 0.3 is 0 Å². The molecule has 0 atom stereocenters. The van der Waals surface area contributed by atoms with E-state index in [1.807, 2.05) is 6.07 Å². The molecule has 6 heteroatoms. The van der Waals surface area contributed by atoms with Crippen molar-refractivity contribution in [1.29, 1.82) is 0 Å². The average Bonchev–Trinajstić information content (AvgIpc) is 2.76. The van der Waals surface area contributed by atoms with Gasteiger partial charge in [0.2, 0.25) is 0 Å². The number of nitrogens with zero attached hydrogens (tertiary/aromatic N) is 2. The lowest BCUT2D eigenvalue weighted by Crippen LogP contribution is -2.08. The third-order valence-corrected chi connectivity index (χ3v) is 3.48. The van der Waals surface area contributed by atoms with Gasteiger partial charge in [-0.3, -0.25) is 15.2 Å². The van der Waals surface area contributed by atoms with E-state index in [-0.39, 0.29) is 5.69 Å². The predicted molar refractivity (Wildman–Crippen MR) is 71.6 cm³/mol. The molecule has 0 aliphatic heterocycles. The zero-order chi connectivity index (χ0) is 13.2. The van der Waals surface area contributed by atoms with Gasteiger partial charge in [-0.2, -0.15) is 5.10 Å². The lowest BCUT2D eigenvalue weighted by Gasteiger charge is -2.22. The van der Waals surface area contributed by atoms with Crippen LogP contribution < -0.4 is 5.32 Å². The molecular formula is C13H14N4O2. The standard InChI is InChI=1S/C13H14N4O2/c18-17(19)11-6-4-10(5-7-11)14-13-8-12(15-16-13)9-2-1-3-9/h4-9H,1-3H2,(H2,14,15,16). The Morgan fingerprint density at radius 1 is 1.32 bits per heavy atom. The zero-order valence-electron chi connectivity index (χ0n) is 10.3. The van der Waals surface area contributed by atoms with Crippen molar-refractivity contribution in [2.24, 2.45) is 0 Å². The number of H-pyrrole nitrogens is 1. The molecule has 0 spiro atoms. The zero-order valence-corrected chi connectivity index (χ0v) is 10.3. The lowest BCUT2D eigenvalue weighted by molar-refractivity contribution is -0.384. The molecule has 1 saturated carbocycles. The van der Waals surface area contributed by atoms with Crippen LogP contribution in [0.15, 0.2) is 30.3 Å². The second-order valence-corrected chi connectivity index (χ2v) is 4.76. The first-order valence-electron chi connectivity index (χ1n) is 6.29. The largest absolute Gasteiger partial charge is 0.341 e. The van der Waals surface area contributed by atoms with Crippen LogP contribution in [0.3, 0.4) is 0 Å². The summed E-state index contributed by atoms with van der Waals surface area (Å²) in [4.78, 5) is 10.1. The maximum absolute atomic E-state index is 10.6. The molecule has 1 heterocycles. The first-order chi connectivity index (χ1) is 9.22. The molecule has 0 bridgehead atoms. The Hall–Kier alpha value is -2.37. The van der Waals surface area contributed by atoms with E-state index >= 15 is 0 Å². The maximum atomic E-state index is 10.6. The van der Waals surface area contributed by atoms with E-state index in [1.165, 1.54) is 31.4 Å². The van der Waals surface area contributed by atoms with Crippen LogP contribution >= 0.6 is 0 Å². The Morgan fingerprint density at radius 3 is 2.63 bits per heavy atom. The first-order valence-corrected chi connectivity index (χ1v) is 6.29. The SMILES string of the molecule is O=[N+]([O-])c1ccc(Nc2cc(C3CCC3)n[nH]2)cc1. The fourth-order valence-corrected chi connectivity index (χ4v) is 2.14. The number of benzene rings is 1. The summed E-state index contributed by atoms with van der Waals surface area (Å²) in [5.41, 5.74) is 1.98. The molecule has 3 rings (SSSR count). The number of nitrogens with one attached hydrogen (secondary N) is 2. The second-order valence-electron chi connectivity index (χ2n) is 4.76. The molecule has 1 aromatic carbocycles. The van der Waals surface area contributed by atoms with Gasteiger partial charge in [-0.05, 0) is 25.0 Å². The molecule has 1 aliphatic rings. The Balaban J connectivity index is 1.70. The van der Waals surface area contributed by atoms with Gasteiger partial charge in [-0.1, -0.05) is 6.42 Å². The summed E-state index contributed by atoms with van der Waals surface area (Å²) >= 11 is 0. The van der Waals surface area contributed by atoms with E-state index in [0.29, 0.717) is 5.92 Å². The number of aromatic amines is 1. The van der Waals surface area contributed by atoms with Crippen LogP contribution in [-0.2, 0) is 0 Å². The Morgan fingerprint density at radius 2 is 2.05 bits per heavy atom. The minimum atomic E-state index is -0.408. The maximum Gasteiger partial charge on any atom is 0.269 e. The number of nitro groups is 1. The van der Waals surface area contributed by atoms with Gasteiger partial charge in [0.15, 0.2) is 0 Å². The van der Waals surface area contributed by atoms with Gasteiger partial charge in [-0.25, -0.2) is 0 Å². The Kier molecular flexibility index (Phi) is 2.91. The smallest absolute Gasteiger partial charge is 0.269 e. The highest BCUT2D eigenvalue weighted by molar-refractivity contribution is 5.58. The topological polar surface area (TPSA) is 83.8 Å². The van der Waals surface area contributed by atoms with Crippen molar-refractivity contribution in [2.75, 3.05) is 5.32 Å². The highest BCUT2D eigenvalue weighted by Gasteiger charge is 2.21. The van der Waals surface area contributed by atoms with Crippen molar-refractivity contribution in [3.8, 4) is 0 Å². The summed E-state index contributed by atoms with van der Waals surface area (Å²) in [7, 11) is 0. The predicted octanol–water partition coefficient (Wildman–Crippen LogP) is 3.33. The van der Waals surface area contributed by atoms with E-state index in [9.17, 15) is 10.1 Å². The average molecular weight is 258 g/mol. The molecule has 0 saturated heterocycles. The number of rotatable bonds is 4. The monoisotopic (exact) mass is 258 g/mol. The molecule has 98 valence electrons. The summed E-state index contributed by atoms with van der Waals surface area (Å²) in [6.45, 7) is 0. The van der Waals surface area contributed by atoms with Crippen molar-refractivity contribution < 1.29 is 4.92 Å². The van der Waals surface area contributed by atoms with Crippen LogP contribution in [0.25, 0.3) is 0 Å². The van der Waals surface area contributed by atoms with Gasteiger partial charge in [0.1, 0.15) is 5.82 Å². The number of aromatic nitrogens is 2. The summed E-state index contributed by atoms with van der Waals surface area (Å²) in [5.74, 6) is 1.40. The minimum absolute atomic E-state index is 0.0883. The van der Waals surface area contributed by atoms with E-state index in [4.69, 9.17) is 0 Å². The van der Waals surface area contributed by atoms with Crippen molar-refractivity contribution >= 4 is 17.2 Å². The molecule has 6 nitrogen and oxygen atoms in total. The highest BCUT2D eigenvalue weighted by atomic mass is 16.6. The molecule has 2 N–H and O–H groups in total. The number of hydrogen-bond acceptors (Lipinski definition) is 4. The molecule has 2 aromatic rings. The van der Waals surface area contributed by atoms with Crippen molar-refractivity contribution in [1.82, 2.24) is 10.2 Å². The first kappa shape index (κ1) is 11.7. The Bertz CT molecular complexity index is 587. The van der Waals surface area contributed by atoms with Gasteiger partial charge < -0.3 is 5.32 Å². The summed E-state index contributed by atoms with van der Waals surface area (Å²) in [6.07, 6.45) is 3.70. The van der Waals surface area contributed by atoms with Crippen LogP contribution in [0.2, 0.25) is 0 Å². The summed E-state index contributed by atoms with van der Waals surface area (Å²) in [5, 5.41) is 20.9. The molecule has 0 radical (unpaired) electrons. The van der Waals surface area contributed by atoms with Crippen LogP contribution in [0.4, 0.5) is 17.2 Å². The molecule has 1 fully saturated rings. The quantitative estimate of drug-likeness (QED) is 0.650. The number of nitro benzene ring substituents is 1. The minimum Gasteiger partial charge on any atom is -0.341 e. The number of anilines is 2. The summed E-state index contributed by atoms with van der Waals surface area (Å²) < 4.78 is 0. The van der Waals surface area contributed by atoms with Crippen LogP contribution in [0, 0.1) is 10.1 Å². The fourth-order valence-electron chi connectivity index (χ4n) is 2.14. The number of non-ortho nitro benzene ring substituents is 1.